The first kappa shape index (κ1) is 21.6. The monoisotopic (exact) mass is 418 g/mol. The fraction of sp³-hybridized carbons (Fsp3) is 0.409. The van der Waals surface area contributed by atoms with Gasteiger partial charge in [-0.3, -0.25) is 9.69 Å². The molecule has 1 N–H and O–H groups in total. The Hall–Kier alpha value is -2.12. The van der Waals surface area contributed by atoms with Gasteiger partial charge in [0.1, 0.15) is 0 Å². The van der Waals surface area contributed by atoms with Crippen molar-refractivity contribution < 1.29 is 19.0 Å². The minimum atomic E-state index is 0.00258. The summed E-state index contributed by atoms with van der Waals surface area (Å²) in [5.74, 6) is 1.15. The van der Waals surface area contributed by atoms with Gasteiger partial charge in [0.15, 0.2) is 17.3 Å². The summed E-state index contributed by atoms with van der Waals surface area (Å²) >= 11 is 6.05. The summed E-state index contributed by atoms with van der Waals surface area (Å²) in [6.07, 6.45) is 0. The van der Waals surface area contributed by atoms with E-state index in [4.69, 9.17) is 25.8 Å². The van der Waals surface area contributed by atoms with Crippen molar-refractivity contribution in [3.8, 4) is 11.5 Å². The first-order valence-electron chi connectivity index (χ1n) is 9.65. The van der Waals surface area contributed by atoms with Crippen LogP contribution in [-0.2, 0) is 4.74 Å². The maximum absolute atomic E-state index is 12.6. The SMILES string of the molecule is COc1ccc(C(=O)CNCC(c2ccc(Cl)cc2)N2CCOCC2)cc1OC. The first-order chi connectivity index (χ1) is 14.1. The lowest BCUT2D eigenvalue weighted by molar-refractivity contribution is 0.0162. The molecule has 1 saturated heterocycles. The smallest absolute Gasteiger partial charge is 0.176 e. The highest BCUT2D eigenvalue weighted by Gasteiger charge is 2.23. The number of carbonyl (C=O) groups excluding carboxylic acids is 1. The van der Waals surface area contributed by atoms with Crippen LogP contribution in [0.2, 0.25) is 5.02 Å². The standard InChI is InChI=1S/C22H27ClN2O4/c1-27-21-8-5-17(13-22(21)28-2)20(26)15-24-14-19(25-9-11-29-12-10-25)16-3-6-18(23)7-4-16/h3-8,13,19,24H,9-12,14-15H2,1-2H3. The average Bonchev–Trinajstić information content (AvgIpc) is 2.77. The number of nitrogens with zero attached hydrogens (tertiary/aromatic N) is 1. The number of rotatable bonds is 9. The minimum absolute atomic E-state index is 0.00258. The van der Waals surface area contributed by atoms with Gasteiger partial charge in [0, 0.05) is 36.3 Å². The van der Waals surface area contributed by atoms with E-state index in [0.717, 1.165) is 13.1 Å². The topological polar surface area (TPSA) is 60.0 Å². The third-order valence-corrected chi connectivity index (χ3v) is 5.32. The van der Waals surface area contributed by atoms with Crippen molar-refractivity contribution in [1.29, 1.82) is 0 Å². The average molecular weight is 419 g/mol. The van der Waals surface area contributed by atoms with Gasteiger partial charge < -0.3 is 19.5 Å². The molecular weight excluding hydrogens is 392 g/mol. The largest absolute Gasteiger partial charge is 0.493 e. The maximum atomic E-state index is 12.6. The molecule has 0 radical (unpaired) electrons. The number of benzene rings is 2. The lowest BCUT2D eigenvalue weighted by atomic mass is 10.0. The molecule has 2 aromatic carbocycles. The van der Waals surface area contributed by atoms with Crippen LogP contribution in [0.15, 0.2) is 42.5 Å². The van der Waals surface area contributed by atoms with Crippen molar-refractivity contribution in [2.45, 2.75) is 6.04 Å². The van der Waals surface area contributed by atoms with E-state index in [0.29, 0.717) is 41.8 Å². The number of ketones is 1. The van der Waals surface area contributed by atoms with Crippen LogP contribution in [0.25, 0.3) is 0 Å². The molecule has 0 amide bonds. The van der Waals surface area contributed by atoms with Crippen molar-refractivity contribution in [3.05, 3.63) is 58.6 Å². The van der Waals surface area contributed by atoms with E-state index in [1.807, 2.05) is 24.3 Å². The highest BCUT2D eigenvalue weighted by atomic mass is 35.5. The predicted molar refractivity (Wildman–Crippen MR) is 113 cm³/mol. The first-order valence-corrected chi connectivity index (χ1v) is 10.0. The summed E-state index contributed by atoms with van der Waals surface area (Å²) in [5.41, 5.74) is 1.76. The maximum Gasteiger partial charge on any atom is 0.176 e. The minimum Gasteiger partial charge on any atom is -0.493 e. The van der Waals surface area contributed by atoms with Crippen LogP contribution in [0.5, 0.6) is 11.5 Å². The van der Waals surface area contributed by atoms with Gasteiger partial charge in [0.05, 0.1) is 34.0 Å². The van der Waals surface area contributed by atoms with E-state index in [1.54, 1.807) is 32.4 Å². The Kier molecular flexibility index (Phi) is 7.89. The third-order valence-electron chi connectivity index (χ3n) is 5.07. The molecule has 1 aliphatic rings. The summed E-state index contributed by atoms with van der Waals surface area (Å²) in [6, 6.07) is 13.2. The molecule has 0 bridgehead atoms. The molecule has 1 aliphatic heterocycles. The van der Waals surface area contributed by atoms with Gasteiger partial charge in [0.25, 0.3) is 0 Å². The van der Waals surface area contributed by atoms with Crippen molar-refractivity contribution in [3.63, 3.8) is 0 Å². The van der Waals surface area contributed by atoms with Crippen LogP contribution in [0.1, 0.15) is 22.0 Å². The van der Waals surface area contributed by atoms with Crippen LogP contribution >= 0.6 is 11.6 Å². The number of halogens is 1. The van der Waals surface area contributed by atoms with Crippen LogP contribution in [0.4, 0.5) is 0 Å². The fourth-order valence-electron chi connectivity index (χ4n) is 3.47. The number of methoxy groups -OCH3 is 2. The number of Topliss-reactive ketones (excluding diaryl/α,β-unsaturated/α-hetero) is 1. The molecule has 0 aromatic heterocycles. The summed E-state index contributed by atoms with van der Waals surface area (Å²) < 4.78 is 16.0. The van der Waals surface area contributed by atoms with Crippen LogP contribution in [0.3, 0.4) is 0 Å². The summed E-state index contributed by atoms with van der Waals surface area (Å²) in [6.45, 7) is 4.05. The van der Waals surface area contributed by atoms with E-state index in [9.17, 15) is 4.79 Å². The molecule has 0 saturated carbocycles. The number of hydrogen-bond acceptors (Lipinski definition) is 6. The zero-order valence-electron chi connectivity index (χ0n) is 16.8. The van der Waals surface area contributed by atoms with Crippen molar-refractivity contribution >= 4 is 17.4 Å². The van der Waals surface area contributed by atoms with Crippen LogP contribution in [0, 0.1) is 0 Å². The van der Waals surface area contributed by atoms with Gasteiger partial charge in [-0.15, -0.1) is 0 Å². The number of ether oxygens (including phenoxy) is 3. The van der Waals surface area contributed by atoms with Crippen molar-refractivity contribution in [2.75, 3.05) is 53.6 Å². The van der Waals surface area contributed by atoms with E-state index >= 15 is 0 Å². The number of hydrogen-bond donors (Lipinski definition) is 1. The normalized spacial score (nSPS) is 15.7. The Morgan fingerprint density at radius 3 is 2.45 bits per heavy atom. The molecule has 7 heteroatoms. The lowest BCUT2D eigenvalue weighted by Crippen LogP contribution is -2.43. The van der Waals surface area contributed by atoms with E-state index in [1.165, 1.54) is 5.56 Å². The molecule has 0 aliphatic carbocycles. The fourth-order valence-corrected chi connectivity index (χ4v) is 3.59. The Bertz CT molecular complexity index is 807. The number of nitrogens with one attached hydrogen (secondary N) is 1. The van der Waals surface area contributed by atoms with Crippen molar-refractivity contribution in [1.82, 2.24) is 10.2 Å². The molecule has 0 spiro atoms. The highest BCUT2D eigenvalue weighted by Crippen LogP contribution is 2.28. The zero-order valence-corrected chi connectivity index (χ0v) is 17.6. The van der Waals surface area contributed by atoms with Gasteiger partial charge in [-0.2, -0.15) is 0 Å². The molecule has 6 nitrogen and oxygen atoms in total. The van der Waals surface area contributed by atoms with E-state index < -0.39 is 0 Å². The summed E-state index contributed by atoms with van der Waals surface area (Å²) in [5, 5.41) is 4.04. The summed E-state index contributed by atoms with van der Waals surface area (Å²) in [7, 11) is 3.13. The van der Waals surface area contributed by atoms with Crippen molar-refractivity contribution in [2.24, 2.45) is 0 Å². The molecule has 1 fully saturated rings. The van der Waals surface area contributed by atoms with E-state index in [2.05, 4.69) is 10.2 Å². The van der Waals surface area contributed by atoms with Gasteiger partial charge in [-0.05, 0) is 35.9 Å². The Morgan fingerprint density at radius 2 is 1.79 bits per heavy atom. The predicted octanol–water partition coefficient (Wildman–Crippen LogP) is 3.20. The van der Waals surface area contributed by atoms with Gasteiger partial charge in [0.2, 0.25) is 0 Å². The number of morpholine rings is 1. The molecule has 1 heterocycles. The quantitative estimate of drug-likeness (QED) is 0.631. The lowest BCUT2D eigenvalue weighted by Gasteiger charge is -2.35. The molecule has 156 valence electrons. The van der Waals surface area contributed by atoms with Gasteiger partial charge in [-0.1, -0.05) is 23.7 Å². The van der Waals surface area contributed by atoms with Gasteiger partial charge >= 0.3 is 0 Å². The second-order valence-corrected chi connectivity index (χ2v) is 7.28. The Morgan fingerprint density at radius 1 is 1.10 bits per heavy atom. The molecule has 29 heavy (non-hydrogen) atoms. The second-order valence-electron chi connectivity index (χ2n) is 6.84. The summed E-state index contributed by atoms with van der Waals surface area (Å²) in [4.78, 5) is 15.0. The third kappa shape index (κ3) is 5.70. The molecule has 2 aromatic rings. The molecular formula is C22H27ClN2O4. The number of carbonyl (C=O) groups is 1. The molecule has 1 atom stereocenters. The van der Waals surface area contributed by atoms with Crippen LogP contribution in [-0.4, -0.2) is 64.3 Å². The molecule has 3 rings (SSSR count). The second kappa shape index (κ2) is 10.6. The Balaban J connectivity index is 1.64. The van der Waals surface area contributed by atoms with Gasteiger partial charge in [-0.25, -0.2) is 0 Å². The Labute approximate surface area is 176 Å². The zero-order chi connectivity index (χ0) is 20.6. The van der Waals surface area contributed by atoms with E-state index in [-0.39, 0.29) is 18.4 Å². The van der Waals surface area contributed by atoms with Crippen LogP contribution < -0.4 is 14.8 Å². The molecule has 1 unspecified atom stereocenters. The highest BCUT2D eigenvalue weighted by molar-refractivity contribution is 6.30.